The predicted molar refractivity (Wildman–Crippen MR) is 110 cm³/mol. The van der Waals surface area contributed by atoms with Crippen LogP contribution in [-0.2, 0) is 13.1 Å². The fraction of sp³-hybridized carbons (Fsp3) is 0.350. The average molecular weight is 368 g/mol. The van der Waals surface area contributed by atoms with Crippen molar-refractivity contribution >= 4 is 17.7 Å². The summed E-state index contributed by atoms with van der Waals surface area (Å²) in [5.74, 6) is 1.64. The van der Waals surface area contributed by atoms with Gasteiger partial charge in [-0.15, -0.1) is 0 Å². The van der Waals surface area contributed by atoms with E-state index in [4.69, 9.17) is 0 Å². The molecule has 0 atom stereocenters. The van der Waals surface area contributed by atoms with Crippen LogP contribution >= 0.6 is 0 Å². The number of pyridine rings is 1. The molecule has 0 saturated heterocycles. The first-order chi connectivity index (χ1) is 12.9. The summed E-state index contributed by atoms with van der Waals surface area (Å²) >= 11 is 0. The van der Waals surface area contributed by atoms with Crippen molar-refractivity contribution < 1.29 is 4.79 Å². The molecular weight excluding hydrogens is 340 g/mol. The zero-order valence-electron chi connectivity index (χ0n) is 16.7. The van der Waals surface area contributed by atoms with Crippen molar-refractivity contribution in [1.29, 1.82) is 0 Å². The van der Waals surface area contributed by atoms with Gasteiger partial charge in [-0.2, -0.15) is 0 Å². The van der Waals surface area contributed by atoms with Gasteiger partial charge in [0, 0.05) is 65.7 Å². The highest BCUT2D eigenvalue weighted by atomic mass is 16.2. The molecule has 27 heavy (non-hydrogen) atoms. The topological polar surface area (TPSA) is 72.9 Å². The highest BCUT2D eigenvalue weighted by molar-refractivity contribution is 5.93. The van der Waals surface area contributed by atoms with E-state index >= 15 is 0 Å². The second kappa shape index (κ2) is 9.56. The number of hydrogen-bond donors (Lipinski definition) is 2. The van der Waals surface area contributed by atoms with E-state index in [2.05, 4.69) is 20.6 Å². The Morgan fingerprint density at radius 3 is 2.30 bits per heavy atom. The molecule has 7 nitrogen and oxygen atoms in total. The SMILES string of the molecule is CN=C(NCc1ccc(C(=O)N(C)C)cc1)NCc1cccnc1N(C)C. The van der Waals surface area contributed by atoms with E-state index < -0.39 is 0 Å². The molecule has 2 rings (SSSR count). The number of aromatic nitrogens is 1. The second-order valence-electron chi connectivity index (χ2n) is 6.56. The van der Waals surface area contributed by atoms with Gasteiger partial charge in [0.15, 0.2) is 5.96 Å². The molecule has 2 aromatic rings. The van der Waals surface area contributed by atoms with Crippen LogP contribution in [0.2, 0.25) is 0 Å². The van der Waals surface area contributed by atoms with Crippen molar-refractivity contribution in [3.05, 3.63) is 59.3 Å². The Balaban J connectivity index is 1.92. The average Bonchev–Trinajstić information content (AvgIpc) is 2.68. The lowest BCUT2D eigenvalue weighted by atomic mass is 10.1. The molecule has 0 fully saturated rings. The Bertz CT molecular complexity index is 783. The van der Waals surface area contributed by atoms with Crippen molar-refractivity contribution in [2.45, 2.75) is 13.1 Å². The third-order valence-electron chi connectivity index (χ3n) is 4.03. The van der Waals surface area contributed by atoms with Gasteiger partial charge in [0.1, 0.15) is 5.82 Å². The summed E-state index contributed by atoms with van der Waals surface area (Å²) in [6, 6.07) is 11.5. The number of nitrogens with one attached hydrogen (secondary N) is 2. The van der Waals surface area contributed by atoms with Crippen molar-refractivity contribution in [3.8, 4) is 0 Å². The highest BCUT2D eigenvalue weighted by Gasteiger charge is 2.08. The predicted octanol–water partition coefficient (Wildman–Crippen LogP) is 1.71. The molecule has 2 N–H and O–H groups in total. The van der Waals surface area contributed by atoms with E-state index in [0.29, 0.717) is 24.6 Å². The quantitative estimate of drug-likeness (QED) is 0.600. The van der Waals surface area contributed by atoms with Crippen LogP contribution in [-0.4, -0.2) is 57.0 Å². The van der Waals surface area contributed by atoms with E-state index in [0.717, 1.165) is 16.9 Å². The molecule has 0 aliphatic heterocycles. The van der Waals surface area contributed by atoms with Gasteiger partial charge >= 0.3 is 0 Å². The fourth-order valence-electron chi connectivity index (χ4n) is 2.58. The minimum atomic E-state index is 0.000141. The van der Waals surface area contributed by atoms with Gasteiger partial charge in [0.05, 0.1) is 0 Å². The Kier molecular flexibility index (Phi) is 7.16. The Labute approximate surface area is 161 Å². The van der Waals surface area contributed by atoms with Crippen LogP contribution in [0.4, 0.5) is 5.82 Å². The number of benzene rings is 1. The number of rotatable bonds is 6. The zero-order chi connectivity index (χ0) is 19.8. The van der Waals surface area contributed by atoms with Gasteiger partial charge < -0.3 is 20.4 Å². The van der Waals surface area contributed by atoms with Gasteiger partial charge in [0.25, 0.3) is 5.91 Å². The smallest absolute Gasteiger partial charge is 0.253 e. The Hall–Kier alpha value is -3.09. The molecular formula is C20H28N6O. The molecule has 1 aromatic carbocycles. The summed E-state index contributed by atoms with van der Waals surface area (Å²) in [4.78, 5) is 24.2. The third kappa shape index (κ3) is 5.70. The monoisotopic (exact) mass is 368 g/mol. The molecule has 0 saturated carbocycles. The molecule has 0 aliphatic carbocycles. The summed E-state index contributed by atoms with van der Waals surface area (Å²) < 4.78 is 0. The first-order valence-corrected chi connectivity index (χ1v) is 8.78. The van der Waals surface area contributed by atoms with E-state index in [1.165, 1.54) is 0 Å². The summed E-state index contributed by atoms with van der Waals surface area (Å²) in [6.07, 6.45) is 1.79. The lowest BCUT2D eigenvalue weighted by Crippen LogP contribution is -2.36. The van der Waals surface area contributed by atoms with Crippen LogP contribution < -0.4 is 15.5 Å². The van der Waals surface area contributed by atoms with E-state index in [-0.39, 0.29) is 5.91 Å². The zero-order valence-corrected chi connectivity index (χ0v) is 16.7. The molecule has 0 unspecified atom stereocenters. The summed E-state index contributed by atoms with van der Waals surface area (Å²) in [6.45, 7) is 1.24. The number of carbonyl (C=O) groups is 1. The van der Waals surface area contributed by atoms with Crippen LogP contribution in [0.1, 0.15) is 21.5 Å². The van der Waals surface area contributed by atoms with Gasteiger partial charge in [-0.25, -0.2) is 4.98 Å². The van der Waals surface area contributed by atoms with Crippen molar-refractivity contribution in [2.75, 3.05) is 40.1 Å². The molecule has 1 amide bonds. The number of guanidine groups is 1. The van der Waals surface area contributed by atoms with Gasteiger partial charge in [-0.1, -0.05) is 18.2 Å². The fourth-order valence-corrected chi connectivity index (χ4v) is 2.58. The largest absolute Gasteiger partial charge is 0.362 e. The number of nitrogens with zero attached hydrogens (tertiary/aromatic N) is 4. The second-order valence-corrected chi connectivity index (χ2v) is 6.56. The van der Waals surface area contributed by atoms with Crippen LogP contribution in [0.5, 0.6) is 0 Å². The van der Waals surface area contributed by atoms with Gasteiger partial charge in [0.2, 0.25) is 0 Å². The van der Waals surface area contributed by atoms with E-state index in [1.54, 1.807) is 32.2 Å². The first kappa shape index (κ1) is 20.2. The maximum atomic E-state index is 11.9. The molecule has 0 bridgehead atoms. The highest BCUT2D eigenvalue weighted by Crippen LogP contribution is 2.13. The molecule has 0 spiro atoms. The standard InChI is InChI=1S/C20H28N6O/c1-21-20(24-14-17-7-6-12-22-18(17)25(2)3)23-13-15-8-10-16(11-9-15)19(27)26(4)5/h6-12H,13-14H2,1-5H3,(H2,21,23,24). The molecule has 1 heterocycles. The van der Waals surface area contributed by atoms with Crippen molar-refractivity contribution in [1.82, 2.24) is 20.5 Å². The molecule has 144 valence electrons. The third-order valence-corrected chi connectivity index (χ3v) is 4.03. The van der Waals surface area contributed by atoms with Crippen molar-refractivity contribution in [3.63, 3.8) is 0 Å². The summed E-state index contributed by atoms with van der Waals surface area (Å²) in [7, 11) is 9.19. The number of carbonyl (C=O) groups excluding carboxylic acids is 1. The molecule has 0 aliphatic rings. The minimum Gasteiger partial charge on any atom is -0.362 e. The van der Waals surface area contributed by atoms with Crippen LogP contribution in [0.3, 0.4) is 0 Å². The molecule has 0 radical (unpaired) electrons. The Morgan fingerprint density at radius 1 is 1.04 bits per heavy atom. The maximum Gasteiger partial charge on any atom is 0.253 e. The lowest BCUT2D eigenvalue weighted by molar-refractivity contribution is 0.0827. The maximum absolute atomic E-state index is 11.9. The minimum absolute atomic E-state index is 0.000141. The van der Waals surface area contributed by atoms with E-state index in [9.17, 15) is 4.79 Å². The van der Waals surface area contributed by atoms with Gasteiger partial charge in [-0.05, 0) is 23.8 Å². The number of aliphatic imine (C=N–C) groups is 1. The normalized spacial score (nSPS) is 11.1. The van der Waals surface area contributed by atoms with Gasteiger partial charge in [-0.3, -0.25) is 9.79 Å². The Morgan fingerprint density at radius 2 is 1.70 bits per heavy atom. The first-order valence-electron chi connectivity index (χ1n) is 8.78. The lowest BCUT2D eigenvalue weighted by Gasteiger charge is -2.17. The van der Waals surface area contributed by atoms with Crippen LogP contribution in [0, 0.1) is 0 Å². The summed E-state index contributed by atoms with van der Waals surface area (Å²) in [5.41, 5.74) is 2.85. The molecule has 1 aromatic heterocycles. The van der Waals surface area contributed by atoms with Crippen LogP contribution in [0.15, 0.2) is 47.6 Å². The number of hydrogen-bond acceptors (Lipinski definition) is 4. The number of amides is 1. The number of anilines is 1. The van der Waals surface area contributed by atoms with Crippen molar-refractivity contribution in [2.24, 2.45) is 4.99 Å². The summed E-state index contributed by atoms with van der Waals surface area (Å²) in [5, 5.41) is 6.59. The van der Waals surface area contributed by atoms with Crippen LogP contribution in [0.25, 0.3) is 0 Å². The van der Waals surface area contributed by atoms with E-state index in [1.807, 2.05) is 55.4 Å². The molecule has 7 heteroatoms.